The number of fused-ring (bicyclic) bond motifs is 5. The quantitative estimate of drug-likeness (QED) is 0.256. The highest BCUT2D eigenvalue weighted by Gasteiger charge is 2.61. The minimum atomic E-state index is -0.673. The van der Waals surface area contributed by atoms with Crippen molar-refractivity contribution in [2.75, 3.05) is 0 Å². The maximum atomic E-state index is 12.1. The lowest BCUT2D eigenvalue weighted by Gasteiger charge is -2.59. The Morgan fingerprint density at radius 2 is 1.94 bits per heavy atom. The van der Waals surface area contributed by atoms with Crippen molar-refractivity contribution in [2.24, 2.45) is 46.3 Å². The summed E-state index contributed by atoms with van der Waals surface area (Å²) in [4.78, 5) is 17.1. The number of aliphatic hydroxyl groups excluding tert-OH is 1. The first-order chi connectivity index (χ1) is 15.5. The zero-order chi connectivity index (χ0) is 24.2. The predicted molar refractivity (Wildman–Crippen MR) is 131 cm³/mol. The second-order valence-corrected chi connectivity index (χ2v) is 12.8. The van der Waals surface area contributed by atoms with Gasteiger partial charge in [0, 0.05) is 6.42 Å². The Kier molecular flexibility index (Phi) is 6.79. The molecule has 0 radical (unpaired) electrons. The average molecular weight is 459 g/mol. The van der Waals surface area contributed by atoms with Crippen LogP contribution < -0.4 is 0 Å². The van der Waals surface area contributed by atoms with Gasteiger partial charge in [0.1, 0.15) is 5.60 Å². The number of rotatable bonds is 7. The van der Waals surface area contributed by atoms with E-state index in [9.17, 15) is 15.2 Å². The number of aliphatic hydroxyl groups is 1. The van der Waals surface area contributed by atoms with Crippen molar-refractivity contribution < 1.29 is 20.0 Å². The molecule has 4 heteroatoms. The van der Waals surface area contributed by atoms with Crippen molar-refractivity contribution in [3.63, 3.8) is 0 Å². The van der Waals surface area contributed by atoms with Gasteiger partial charge in [0.25, 0.3) is 0 Å². The van der Waals surface area contributed by atoms with Crippen LogP contribution in [0.4, 0.5) is 0 Å². The highest BCUT2D eigenvalue weighted by molar-refractivity contribution is 5.91. The molecule has 0 aromatic heterocycles. The van der Waals surface area contributed by atoms with Gasteiger partial charge in [-0.05, 0) is 109 Å². The second kappa shape index (κ2) is 8.91. The summed E-state index contributed by atoms with van der Waals surface area (Å²) in [6.45, 7) is 15.3. The van der Waals surface area contributed by atoms with Gasteiger partial charge in [-0.1, -0.05) is 40.7 Å². The van der Waals surface area contributed by atoms with E-state index in [4.69, 9.17) is 4.89 Å². The van der Waals surface area contributed by atoms with Gasteiger partial charge >= 0.3 is 0 Å². The van der Waals surface area contributed by atoms with E-state index in [-0.39, 0.29) is 17.1 Å². The SMILES string of the molecule is C=C[C@](CC[C@@H](C)C1CCC2C3CC(O)C4=CC(=O)CC[C@]4(C)C3CC[C@@]21C)(OO)C(C)C. The van der Waals surface area contributed by atoms with Crippen LogP contribution >= 0.6 is 0 Å². The summed E-state index contributed by atoms with van der Waals surface area (Å²) < 4.78 is 0. The molecule has 0 amide bonds. The highest BCUT2D eigenvalue weighted by atomic mass is 17.1. The van der Waals surface area contributed by atoms with Crippen molar-refractivity contribution in [3.05, 3.63) is 24.3 Å². The van der Waals surface area contributed by atoms with Gasteiger partial charge in [0.2, 0.25) is 0 Å². The Labute approximate surface area is 200 Å². The lowest BCUT2D eigenvalue weighted by molar-refractivity contribution is -0.321. The van der Waals surface area contributed by atoms with E-state index >= 15 is 0 Å². The summed E-state index contributed by atoms with van der Waals surface area (Å²) in [6.07, 6.45) is 12.2. The predicted octanol–water partition coefficient (Wildman–Crippen LogP) is 6.59. The molecule has 2 N–H and O–H groups in total. The Morgan fingerprint density at radius 3 is 2.58 bits per heavy atom. The molecule has 0 aliphatic heterocycles. The van der Waals surface area contributed by atoms with Crippen molar-refractivity contribution in [3.8, 4) is 0 Å². The van der Waals surface area contributed by atoms with Crippen LogP contribution in [0.5, 0.6) is 0 Å². The van der Waals surface area contributed by atoms with Gasteiger partial charge in [0.15, 0.2) is 5.78 Å². The number of hydrogen-bond donors (Lipinski definition) is 2. The summed E-state index contributed by atoms with van der Waals surface area (Å²) in [5.74, 6) is 3.36. The normalized spacial score (nSPS) is 43.2. The summed E-state index contributed by atoms with van der Waals surface area (Å²) >= 11 is 0. The number of carbonyl (C=O) groups excluding carboxylic acids is 1. The molecule has 186 valence electrons. The first-order valence-corrected chi connectivity index (χ1v) is 13.4. The van der Waals surface area contributed by atoms with Gasteiger partial charge in [0.05, 0.1) is 6.10 Å². The van der Waals surface area contributed by atoms with E-state index < -0.39 is 11.7 Å². The number of ketones is 1. The van der Waals surface area contributed by atoms with Gasteiger partial charge < -0.3 is 5.11 Å². The summed E-state index contributed by atoms with van der Waals surface area (Å²) in [7, 11) is 0. The third-order valence-electron chi connectivity index (χ3n) is 11.2. The fourth-order valence-corrected chi connectivity index (χ4v) is 9.05. The van der Waals surface area contributed by atoms with Crippen LogP contribution in [0.3, 0.4) is 0 Å². The maximum absolute atomic E-state index is 12.1. The van der Waals surface area contributed by atoms with E-state index in [1.54, 1.807) is 12.2 Å². The lowest BCUT2D eigenvalue weighted by atomic mass is 9.46. The van der Waals surface area contributed by atoms with Crippen LogP contribution in [0.2, 0.25) is 0 Å². The zero-order valence-electron chi connectivity index (χ0n) is 21.5. The molecule has 0 bridgehead atoms. The molecule has 4 rings (SSSR count). The molecule has 4 nitrogen and oxygen atoms in total. The fourth-order valence-electron chi connectivity index (χ4n) is 9.05. The van der Waals surface area contributed by atoms with E-state index in [1.165, 1.54) is 25.7 Å². The van der Waals surface area contributed by atoms with Crippen molar-refractivity contribution in [2.45, 2.75) is 104 Å². The van der Waals surface area contributed by atoms with Crippen LogP contribution in [-0.4, -0.2) is 27.9 Å². The first kappa shape index (κ1) is 25.1. The van der Waals surface area contributed by atoms with E-state index in [1.807, 2.05) is 0 Å². The van der Waals surface area contributed by atoms with Gasteiger partial charge in [-0.15, -0.1) is 6.58 Å². The Bertz CT molecular complexity index is 801. The van der Waals surface area contributed by atoms with E-state index in [0.717, 1.165) is 31.3 Å². The Hall–Kier alpha value is -0.970. The second-order valence-electron chi connectivity index (χ2n) is 12.8. The fraction of sp³-hybridized carbons (Fsp3) is 0.828. The average Bonchev–Trinajstić information content (AvgIpc) is 3.13. The van der Waals surface area contributed by atoms with Gasteiger partial charge in [-0.25, -0.2) is 4.89 Å². The van der Waals surface area contributed by atoms with E-state index in [0.29, 0.717) is 41.4 Å². The molecule has 3 saturated carbocycles. The number of hydrogen-bond acceptors (Lipinski definition) is 4. The smallest absolute Gasteiger partial charge is 0.155 e. The molecule has 33 heavy (non-hydrogen) atoms. The minimum Gasteiger partial charge on any atom is -0.389 e. The topological polar surface area (TPSA) is 66.8 Å². The third kappa shape index (κ3) is 3.89. The molecule has 5 unspecified atom stereocenters. The van der Waals surface area contributed by atoms with E-state index in [2.05, 4.69) is 41.2 Å². The van der Waals surface area contributed by atoms with Gasteiger partial charge in [-0.3, -0.25) is 10.1 Å². The molecule has 0 saturated heterocycles. The monoisotopic (exact) mass is 458 g/mol. The molecular weight excluding hydrogens is 412 g/mol. The Morgan fingerprint density at radius 1 is 1.21 bits per heavy atom. The van der Waals surface area contributed by atoms with Crippen LogP contribution in [-0.2, 0) is 9.68 Å². The molecule has 0 heterocycles. The lowest BCUT2D eigenvalue weighted by Crippen LogP contribution is -2.54. The molecular formula is C29H46O4. The van der Waals surface area contributed by atoms with Crippen molar-refractivity contribution in [1.29, 1.82) is 0 Å². The standard InChI is InChI=1S/C29H46O4/c1-7-29(33-32,18(2)3)15-10-19(4)22-8-9-23-21-17-26(31)25-16-20(30)11-13-28(25,6)24(21)12-14-27(22,23)5/h7,16,18-19,21-24,26,31-32H,1,8-15,17H2,2-6H3/t19-,21?,22?,23?,24?,26?,27-,28-,29-/m1/s1. The highest BCUT2D eigenvalue weighted by Crippen LogP contribution is 2.67. The Balaban J connectivity index is 1.52. The third-order valence-corrected chi connectivity index (χ3v) is 11.2. The van der Waals surface area contributed by atoms with Crippen LogP contribution in [0, 0.1) is 46.3 Å². The molecule has 0 aromatic rings. The molecule has 3 fully saturated rings. The minimum absolute atomic E-state index is 0.0133. The summed E-state index contributed by atoms with van der Waals surface area (Å²) in [5, 5.41) is 20.8. The summed E-state index contributed by atoms with van der Waals surface area (Å²) in [6, 6.07) is 0. The number of carbonyl (C=O) groups is 1. The summed E-state index contributed by atoms with van der Waals surface area (Å²) in [5.41, 5.74) is 0.649. The van der Waals surface area contributed by atoms with Crippen LogP contribution in [0.15, 0.2) is 24.3 Å². The maximum Gasteiger partial charge on any atom is 0.155 e. The molecule has 0 spiro atoms. The first-order valence-electron chi connectivity index (χ1n) is 13.4. The molecule has 4 aliphatic rings. The van der Waals surface area contributed by atoms with Crippen molar-refractivity contribution >= 4 is 5.78 Å². The van der Waals surface area contributed by atoms with Crippen LogP contribution in [0.25, 0.3) is 0 Å². The van der Waals surface area contributed by atoms with Crippen LogP contribution in [0.1, 0.15) is 92.4 Å². The molecule has 4 aliphatic carbocycles. The zero-order valence-corrected chi connectivity index (χ0v) is 21.5. The largest absolute Gasteiger partial charge is 0.389 e. The van der Waals surface area contributed by atoms with Crippen molar-refractivity contribution in [1.82, 2.24) is 0 Å². The molecule has 9 atom stereocenters. The van der Waals surface area contributed by atoms with Gasteiger partial charge in [-0.2, -0.15) is 0 Å². The molecule has 0 aromatic carbocycles.